The molecule has 1 aliphatic rings. The number of hydrogen-bond donors (Lipinski definition) is 2. The van der Waals surface area contributed by atoms with E-state index in [1.165, 1.54) is 19.3 Å². The summed E-state index contributed by atoms with van der Waals surface area (Å²) in [6, 6.07) is -0.900. The third kappa shape index (κ3) is 5.04. The number of cyclic esters (lactones) is 1. The summed E-state index contributed by atoms with van der Waals surface area (Å²) in [7, 11) is 0. The molecular formula is C13H23NO4. The van der Waals surface area contributed by atoms with E-state index in [0.717, 1.165) is 19.3 Å². The van der Waals surface area contributed by atoms with Crippen molar-refractivity contribution in [3.63, 3.8) is 0 Å². The summed E-state index contributed by atoms with van der Waals surface area (Å²) in [4.78, 5) is 23.0. The van der Waals surface area contributed by atoms with Crippen molar-refractivity contribution >= 4 is 11.9 Å². The zero-order chi connectivity index (χ0) is 13.4. The largest absolute Gasteiger partial charge is 0.460 e. The molecule has 2 N–H and O–H groups in total. The fourth-order valence-electron chi connectivity index (χ4n) is 2.06. The van der Waals surface area contributed by atoms with Gasteiger partial charge in [0.25, 0.3) is 0 Å². The Hall–Kier alpha value is -1.10. The van der Waals surface area contributed by atoms with Crippen LogP contribution in [0.15, 0.2) is 0 Å². The van der Waals surface area contributed by atoms with E-state index in [0.29, 0.717) is 0 Å². The minimum atomic E-state index is -0.900. The molecule has 104 valence electrons. The topological polar surface area (TPSA) is 75.6 Å². The predicted octanol–water partition coefficient (Wildman–Crippen LogP) is 1.14. The Balaban J connectivity index is 2.32. The van der Waals surface area contributed by atoms with Gasteiger partial charge in [-0.15, -0.1) is 0 Å². The highest BCUT2D eigenvalue weighted by molar-refractivity contribution is 5.86. The first kappa shape index (κ1) is 15.0. The number of aliphatic hydroxyl groups is 1. The van der Waals surface area contributed by atoms with Gasteiger partial charge in [0.15, 0.2) is 6.04 Å². The van der Waals surface area contributed by atoms with Gasteiger partial charge < -0.3 is 15.2 Å². The van der Waals surface area contributed by atoms with Crippen molar-refractivity contribution < 1.29 is 19.4 Å². The van der Waals surface area contributed by atoms with Gasteiger partial charge in [0.05, 0.1) is 13.0 Å². The van der Waals surface area contributed by atoms with E-state index in [4.69, 9.17) is 9.84 Å². The minimum Gasteiger partial charge on any atom is -0.460 e. The lowest BCUT2D eigenvalue weighted by Crippen LogP contribution is -2.41. The quantitative estimate of drug-likeness (QED) is 0.530. The van der Waals surface area contributed by atoms with Crippen molar-refractivity contribution in [2.24, 2.45) is 0 Å². The standard InChI is InChI=1S/C13H23NO4/c1-2-3-4-5-6-7-10-8-12(16)14-11(9-15)13(17)18-10/h10-11,15H,2-9H2,1H3,(H,14,16). The molecule has 18 heavy (non-hydrogen) atoms. The number of ether oxygens (including phenoxy) is 1. The van der Waals surface area contributed by atoms with E-state index >= 15 is 0 Å². The maximum atomic E-state index is 11.5. The van der Waals surface area contributed by atoms with Crippen LogP contribution in [-0.2, 0) is 14.3 Å². The molecule has 0 aliphatic carbocycles. The summed E-state index contributed by atoms with van der Waals surface area (Å²) in [5.74, 6) is -0.750. The normalized spacial score (nSPS) is 24.3. The van der Waals surface area contributed by atoms with Crippen LogP contribution in [0.25, 0.3) is 0 Å². The third-order valence-corrected chi connectivity index (χ3v) is 3.13. The summed E-state index contributed by atoms with van der Waals surface area (Å²) in [6.45, 7) is 1.75. The van der Waals surface area contributed by atoms with Crippen LogP contribution in [0, 0.1) is 0 Å². The molecule has 5 nitrogen and oxygen atoms in total. The van der Waals surface area contributed by atoms with Gasteiger partial charge in [0.2, 0.25) is 5.91 Å². The van der Waals surface area contributed by atoms with Gasteiger partial charge in [-0.3, -0.25) is 4.79 Å². The highest BCUT2D eigenvalue weighted by atomic mass is 16.5. The molecule has 2 unspecified atom stereocenters. The number of carbonyl (C=O) groups is 2. The van der Waals surface area contributed by atoms with Crippen molar-refractivity contribution in [1.82, 2.24) is 5.32 Å². The zero-order valence-electron chi connectivity index (χ0n) is 11.0. The van der Waals surface area contributed by atoms with E-state index < -0.39 is 18.6 Å². The third-order valence-electron chi connectivity index (χ3n) is 3.13. The number of carbonyl (C=O) groups excluding carboxylic acids is 2. The highest BCUT2D eigenvalue weighted by Gasteiger charge is 2.30. The van der Waals surface area contributed by atoms with Crippen molar-refractivity contribution in [2.75, 3.05) is 6.61 Å². The van der Waals surface area contributed by atoms with E-state index in [-0.39, 0.29) is 18.4 Å². The maximum absolute atomic E-state index is 11.5. The van der Waals surface area contributed by atoms with Gasteiger partial charge in [-0.25, -0.2) is 4.79 Å². The Bertz CT molecular complexity index is 280. The average Bonchev–Trinajstić information content (AvgIpc) is 2.48. The molecule has 0 saturated carbocycles. The second-order valence-electron chi connectivity index (χ2n) is 4.77. The Morgan fingerprint density at radius 2 is 2.00 bits per heavy atom. The molecule has 1 rings (SSSR count). The van der Waals surface area contributed by atoms with Gasteiger partial charge in [-0.05, 0) is 12.8 Å². The second kappa shape index (κ2) is 8.08. The lowest BCUT2D eigenvalue weighted by Gasteiger charge is -2.14. The molecular weight excluding hydrogens is 234 g/mol. The SMILES string of the molecule is CCCCCCCC1CC(=O)NC(CO)C(=O)O1. The van der Waals surface area contributed by atoms with E-state index in [9.17, 15) is 9.59 Å². The average molecular weight is 257 g/mol. The molecule has 0 radical (unpaired) electrons. The summed E-state index contributed by atoms with van der Waals surface area (Å²) in [5.41, 5.74) is 0. The predicted molar refractivity (Wildman–Crippen MR) is 66.9 cm³/mol. The van der Waals surface area contributed by atoms with Gasteiger partial charge in [0, 0.05) is 0 Å². The first-order valence-corrected chi connectivity index (χ1v) is 6.78. The van der Waals surface area contributed by atoms with Crippen LogP contribution in [-0.4, -0.2) is 35.7 Å². The number of esters is 1. The Morgan fingerprint density at radius 3 is 2.67 bits per heavy atom. The fourth-order valence-corrected chi connectivity index (χ4v) is 2.06. The van der Waals surface area contributed by atoms with E-state index in [1.807, 2.05) is 0 Å². The van der Waals surface area contributed by atoms with Crippen molar-refractivity contribution in [2.45, 2.75) is 64.0 Å². The first-order valence-electron chi connectivity index (χ1n) is 6.78. The van der Waals surface area contributed by atoms with E-state index in [2.05, 4.69) is 12.2 Å². The maximum Gasteiger partial charge on any atom is 0.331 e. The van der Waals surface area contributed by atoms with E-state index in [1.54, 1.807) is 0 Å². The molecule has 1 amide bonds. The minimum absolute atomic E-state index is 0.204. The van der Waals surface area contributed by atoms with Crippen molar-refractivity contribution in [1.29, 1.82) is 0 Å². The molecule has 1 fully saturated rings. The number of rotatable bonds is 7. The van der Waals surface area contributed by atoms with Crippen molar-refractivity contribution in [3.05, 3.63) is 0 Å². The molecule has 2 atom stereocenters. The van der Waals surface area contributed by atoms with Crippen LogP contribution in [0.4, 0.5) is 0 Å². The number of unbranched alkanes of at least 4 members (excludes halogenated alkanes) is 4. The zero-order valence-corrected chi connectivity index (χ0v) is 11.0. The van der Waals surface area contributed by atoms with Crippen LogP contribution in [0.1, 0.15) is 51.9 Å². The smallest absolute Gasteiger partial charge is 0.331 e. The van der Waals surface area contributed by atoms with Crippen LogP contribution >= 0.6 is 0 Å². The molecule has 0 bridgehead atoms. The highest BCUT2D eigenvalue weighted by Crippen LogP contribution is 2.15. The Kier molecular flexibility index (Phi) is 6.72. The summed E-state index contributed by atoms with van der Waals surface area (Å²) < 4.78 is 5.21. The van der Waals surface area contributed by atoms with Crippen LogP contribution < -0.4 is 5.32 Å². The Morgan fingerprint density at radius 1 is 1.28 bits per heavy atom. The Labute approximate surface area is 108 Å². The summed E-state index contributed by atoms with van der Waals surface area (Å²) in [6.07, 6.45) is 6.26. The monoisotopic (exact) mass is 257 g/mol. The lowest BCUT2D eigenvalue weighted by atomic mass is 10.1. The molecule has 0 aromatic carbocycles. The molecule has 5 heteroatoms. The summed E-state index contributed by atoms with van der Waals surface area (Å²) >= 11 is 0. The fraction of sp³-hybridized carbons (Fsp3) is 0.846. The summed E-state index contributed by atoms with van der Waals surface area (Å²) in [5, 5.41) is 11.4. The molecule has 0 aromatic rings. The van der Waals surface area contributed by atoms with Crippen LogP contribution in [0.5, 0.6) is 0 Å². The molecule has 0 aromatic heterocycles. The number of aliphatic hydroxyl groups excluding tert-OH is 1. The van der Waals surface area contributed by atoms with Gasteiger partial charge in [-0.2, -0.15) is 0 Å². The van der Waals surface area contributed by atoms with Crippen LogP contribution in [0.3, 0.4) is 0 Å². The lowest BCUT2D eigenvalue weighted by molar-refractivity contribution is -0.151. The van der Waals surface area contributed by atoms with Gasteiger partial charge in [-0.1, -0.05) is 32.6 Å². The molecule has 1 saturated heterocycles. The molecule has 1 heterocycles. The number of nitrogens with one attached hydrogen (secondary N) is 1. The first-order chi connectivity index (χ1) is 8.67. The number of amides is 1. The number of hydrogen-bond acceptors (Lipinski definition) is 4. The second-order valence-corrected chi connectivity index (χ2v) is 4.77. The van der Waals surface area contributed by atoms with Gasteiger partial charge >= 0.3 is 5.97 Å². The molecule has 0 spiro atoms. The van der Waals surface area contributed by atoms with Crippen LogP contribution in [0.2, 0.25) is 0 Å². The van der Waals surface area contributed by atoms with Gasteiger partial charge in [0.1, 0.15) is 6.10 Å². The molecule has 1 aliphatic heterocycles. The van der Waals surface area contributed by atoms with Crippen molar-refractivity contribution in [3.8, 4) is 0 Å².